The zero-order chi connectivity index (χ0) is 23.7. The van der Waals surface area contributed by atoms with E-state index in [0.717, 1.165) is 0 Å². The van der Waals surface area contributed by atoms with Gasteiger partial charge in [0.15, 0.2) is 10.8 Å². The van der Waals surface area contributed by atoms with Crippen molar-refractivity contribution in [3.63, 3.8) is 0 Å². The molecule has 0 aromatic carbocycles. The molecular weight excluding hydrogens is 392 g/mol. The summed E-state index contributed by atoms with van der Waals surface area (Å²) in [5.74, 6) is -4.84. The molecule has 2 atom stereocenters. The van der Waals surface area contributed by atoms with E-state index in [4.69, 9.17) is 9.47 Å². The number of aliphatic carboxylic acids is 2. The molecule has 0 heterocycles. The van der Waals surface area contributed by atoms with Crippen molar-refractivity contribution in [3.8, 4) is 0 Å². The summed E-state index contributed by atoms with van der Waals surface area (Å²) < 4.78 is 11.3. The SMILES string of the molecule is CC(C)(C(=O)O)C(=O)OC(C)(C)C1CC=CCC1C(C)(C)OC(=O)C(C)(C)C(=O)O. The van der Waals surface area contributed by atoms with Gasteiger partial charge in [-0.2, -0.15) is 0 Å². The molecule has 0 bridgehead atoms. The average molecular weight is 427 g/mol. The number of rotatable bonds is 8. The highest BCUT2D eigenvalue weighted by atomic mass is 16.6. The lowest BCUT2D eigenvalue weighted by atomic mass is 9.67. The van der Waals surface area contributed by atoms with Crippen LogP contribution in [-0.2, 0) is 28.7 Å². The predicted molar refractivity (Wildman–Crippen MR) is 109 cm³/mol. The molecule has 170 valence electrons. The van der Waals surface area contributed by atoms with E-state index in [1.165, 1.54) is 27.7 Å². The van der Waals surface area contributed by atoms with Crippen LogP contribution in [0.25, 0.3) is 0 Å². The first-order chi connectivity index (χ1) is 13.4. The van der Waals surface area contributed by atoms with Crippen molar-refractivity contribution in [2.24, 2.45) is 22.7 Å². The van der Waals surface area contributed by atoms with Crippen molar-refractivity contribution in [1.29, 1.82) is 0 Å². The molecule has 0 aromatic rings. The summed E-state index contributed by atoms with van der Waals surface area (Å²) in [5.41, 5.74) is -5.51. The van der Waals surface area contributed by atoms with Gasteiger partial charge < -0.3 is 19.7 Å². The minimum absolute atomic E-state index is 0.285. The number of ether oxygens (including phenoxy) is 2. The second kappa shape index (κ2) is 8.40. The monoisotopic (exact) mass is 426 g/mol. The van der Waals surface area contributed by atoms with Gasteiger partial charge in [-0.15, -0.1) is 0 Å². The molecule has 0 fully saturated rings. The number of allylic oxidation sites excluding steroid dienone is 2. The van der Waals surface area contributed by atoms with Crippen LogP contribution in [0.3, 0.4) is 0 Å². The first kappa shape index (κ1) is 25.7. The minimum atomic E-state index is -1.70. The Morgan fingerprint density at radius 3 is 1.17 bits per heavy atom. The van der Waals surface area contributed by atoms with E-state index in [-0.39, 0.29) is 11.8 Å². The van der Waals surface area contributed by atoms with Gasteiger partial charge in [-0.1, -0.05) is 12.2 Å². The van der Waals surface area contributed by atoms with Crippen molar-refractivity contribution in [2.75, 3.05) is 0 Å². The molecule has 2 N–H and O–H groups in total. The molecule has 0 aliphatic heterocycles. The fraction of sp³-hybridized carbons (Fsp3) is 0.727. The molecule has 0 aromatic heterocycles. The van der Waals surface area contributed by atoms with Crippen LogP contribution in [-0.4, -0.2) is 45.3 Å². The summed E-state index contributed by atoms with van der Waals surface area (Å²) in [4.78, 5) is 47.9. The highest BCUT2D eigenvalue weighted by Crippen LogP contribution is 2.44. The zero-order valence-electron chi connectivity index (χ0n) is 19.1. The third-order valence-electron chi connectivity index (χ3n) is 6.02. The maximum absolute atomic E-state index is 12.5. The van der Waals surface area contributed by atoms with Crippen molar-refractivity contribution >= 4 is 23.9 Å². The average Bonchev–Trinajstić information content (AvgIpc) is 2.60. The first-order valence-corrected chi connectivity index (χ1v) is 9.96. The van der Waals surface area contributed by atoms with Crippen LogP contribution in [0.4, 0.5) is 0 Å². The van der Waals surface area contributed by atoms with Crippen molar-refractivity contribution in [3.05, 3.63) is 12.2 Å². The van der Waals surface area contributed by atoms with Gasteiger partial charge in [-0.05, 0) is 68.2 Å². The fourth-order valence-electron chi connectivity index (χ4n) is 3.41. The predicted octanol–water partition coefficient (Wildman–Crippen LogP) is 3.43. The number of carboxylic acids is 2. The quantitative estimate of drug-likeness (QED) is 0.343. The molecule has 0 radical (unpaired) electrons. The van der Waals surface area contributed by atoms with Crippen LogP contribution in [0.1, 0.15) is 68.2 Å². The van der Waals surface area contributed by atoms with E-state index in [1.807, 2.05) is 12.2 Å². The van der Waals surface area contributed by atoms with Crippen molar-refractivity contribution in [1.82, 2.24) is 0 Å². The van der Waals surface area contributed by atoms with E-state index in [0.29, 0.717) is 12.8 Å². The highest BCUT2D eigenvalue weighted by Gasteiger charge is 2.50. The summed E-state index contributed by atoms with van der Waals surface area (Å²) in [7, 11) is 0. The summed E-state index contributed by atoms with van der Waals surface area (Å²) in [6.45, 7) is 12.0. The van der Waals surface area contributed by atoms with Gasteiger partial charge in [0, 0.05) is 11.8 Å². The smallest absolute Gasteiger partial charge is 0.323 e. The second-order valence-electron chi connectivity index (χ2n) is 10.0. The third kappa shape index (κ3) is 5.21. The van der Waals surface area contributed by atoms with Crippen molar-refractivity contribution < 1.29 is 38.9 Å². The summed E-state index contributed by atoms with van der Waals surface area (Å²) in [6, 6.07) is 0. The van der Waals surface area contributed by atoms with E-state index >= 15 is 0 Å². The van der Waals surface area contributed by atoms with Gasteiger partial charge in [0.25, 0.3) is 0 Å². The number of esters is 2. The fourth-order valence-corrected chi connectivity index (χ4v) is 3.41. The molecule has 1 aliphatic carbocycles. The van der Waals surface area contributed by atoms with Crippen molar-refractivity contribution in [2.45, 2.75) is 79.4 Å². The van der Waals surface area contributed by atoms with Gasteiger partial charge in [-0.3, -0.25) is 19.2 Å². The Bertz CT molecular complexity index is 680. The number of carbonyl (C=O) groups is 4. The normalized spacial score (nSPS) is 20.4. The highest BCUT2D eigenvalue weighted by molar-refractivity contribution is 5.98. The second-order valence-corrected chi connectivity index (χ2v) is 10.0. The Labute approximate surface area is 177 Å². The van der Waals surface area contributed by atoms with Crippen LogP contribution >= 0.6 is 0 Å². The molecule has 2 unspecified atom stereocenters. The Balaban J connectivity index is 3.16. The molecule has 8 heteroatoms. The van der Waals surface area contributed by atoms with E-state index in [9.17, 15) is 29.4 Å². The molecule has 0 saturated heterocycles. The number of carbonyl (C=O) groups excluding carboxylic acids is 2. The molecule has 0 amide bonds. The molecule has 0 saturated carbocycles. The largest absolute Gasteiger partial charge is 0.480 e. The Morgan fingerprint density at radius 1 is 0.667 bits per heavy atom. The number of carboxylic acid groups (broad SMARTS) is 2. The van der Waals surface area contributed by atoms with Crippen LogP contribution in [0.5, 0.6) is 0 Å². The van der Waals surface area contributed by atoms with Crippen LogP contribution in [0.2, 0.25) is 0 Å². The molecule has 30 heavy (non-hydrogen) atoms. The van der Waals surface area contributed by atoms with E-state index in [2.05, 4.69) is 0 Å². The Kier molecular flexibility index (Phi) is 7.18. The first-order valence-electron chi connectivity index (χ1n) is 9.96. The van der Waals surface area contributed by atoms with E-state index < -0.39 is 45.9 Å². The molecule has 1 rings (SSSR count). The van der Waals surface area contributed by atoms with Gasteiger partial charge >= 0.3 is 23.9 Å². The maximum atomic E-state index is 12.5. The lowest BCUT2D eigenvalue weighted by Gasteiger charge is -2.47. The molecule has 0 spiro atoms. The summed E-state index contributed by atoms with van der Waals surface area (Å²) >= 11 is 0. The van der Waals surface area contributed by atoms with Crippen LogP contribution < -0.4 is 0 Å². The van der Waals surface area contributed by atoms with Crippen LogP contribution in [0, 0.1) is 22.7 Å². The molecule has 1 aliphatic rings. The maximum Gasteiger partial charge on any atom is 0.323 e. The number of hydrogen-bond donors (Lipinski definition) is 2. The standard InChI is InChI=1S/C22H34O8/c1-19(2,15(23)24)17(27)29-21(5,6)13-11-9-10-12-14(13)22(7,8)30-18(28)20(3,4)16(25)26/h9-10,13-14H,11-12H2,1-8H3,(H,23,24)(H,25,26). The van der Waals surface area contributed by atoms with E-state index in [1.54, 1.807) is 27.7 Å². The Morgan fingerprint density at radius 2 is 0.933 bits per heavy atom. The van der Waals surface area contributed by atoms with Gasteiger partial charge in [0.2, 0.25) is 0 Å². The third-order valence-corrected chi connectivity index (χ3v) is 6.02. The summed E-state index contributed by atoms with van der Waals surface area (Å²) in [5, 5.41) is 18.6. The van der Waals surface area contributed by atoms with Gasteiger partial charge in [-0.25, -0.2) is 0 Å². The van der Waals surface area contributed by atoms with Crippen LogP contribution in [0.15, 0.2) is 12.2 Å². The van der Waals surface area contributed by atoms with Gasteiger partial charge in [0.05, 0.1) is 0 Å². The molecular formula is C22H34O8. The lowest BCUT2D eigenvalue weighted by molar-refractivity contribution is -0.194. The molecule has 8 nitrogen and oxygen atoms in total. The number of hydrogen-bond acceptors (Lipinski definition) is 6. The lowest BCUT2D eigenvalue weighted by Crippen LogP contribution is -2.52. The topological polar surface area (TPSA) is 127 Å². The zero-order valence-corrected chi connectivity index (χ0v) is 19.1. The minimum Gasteiger partial charge on any atom is -0.480 e. The summed E-state index contributed by atoms with van der Waals surface area (Å²) in [6.07, 6.45) is 4.94. The Hall–Kier alpha value is -2.38. The van der Waals surface area contributed by atoms with Gasteiger partial charge in [0.1, 0.15) is 11.2 Å².